The van der Waals surface area contributed by atoms with Crippen LogP contribution in [0.2, 0.25) is 0 Å². The third-order valence-corrected chi connectivity index (χ3v) is 4.15. The number of fused-ring (bicyclic) bond motifs is 3. The molecule has 1 unspecified atom stereocenters. The zero-order valence-electron chi connectivity index (χ0n) is 12.2. The highest BCUT2D eigenvalue weighted by Crippen LogP contribution is 2.44. The van der Waals surface area contributed by atoms with E-state index in [4.69, 9.17) is 18.3 Å². The molecule has 0 saturated heterocycles. The average Bonchev–Trinajstić information content (AvgIpc) is 3.02. The van der Waals surface area contributed by atoms with Crippen molar-refractivity contribution in [2.45, 2.75) is 5.92 Å². The molecule has 1 aliphatic heterocycles. The van der Waals surface area contributed by atoms with Crippen LogP contribution in [0.4, 0.5) is 0 Å². The number of allylic oxidation sites excluding steroid dienone is 1. The zero-order valence-corrected chi connectivity index (χ0v) is 12.2. The molecule has 0 aliphatic carbocycles. The van der Waals surface area contributed by atoms with Gasteiger partial charge in [0.05, 0.1) is 11.4 Å². The highest BCUT2D eigenvalue weighted by Gasteiger charge is 2.31. The Balaban J connectivity index is 2.02. The molecule has 2 aromatic carbocycles. The number of aromatic nitrogens is 1. The van der Waals surface area contributed by atoms with E-state index in [1.54, 1.807) is 0 Å². The molecule has 0 saturated carbocycles. The minimum Gasteiger partial charge on any atom is -0.438 e. The summed E-state index contributed by atoms with van der Waals surface area (Å²) in [6.07, 6.45) is 1.85. The van der Waals surface area contributed by atoms with Gasteiger partial charge in [-0.3, -0.25) is 0 Å². The van der Waals surface area contributed by atoms with Crippen LogP contribution in [0, 0.1) is 11.3 Å². The second-order valence-corrected chi connectivity index (χ2v) is 5.52. The molecule has 4 rings (SSSR count). The maximum Gasteiger partial charge on any atom is 0.205 e. The second kappa shape index (κ2) is 4.96. The van der Waals surface area contributed by atoms with Gasteiger partial charge in [-0.15, -0.1) is 0 Å². The van der Waals surface area contributed by atoms with Crippen molar-refractivity contribution in [2.75, 3.05) is 0 Å². The Labute approximate surface area is 134 Å². The summed E-state index contributed by atoms with van der Waals surface area (Å²) in [5.74, 6) is 0.505. The number of nitrogens with one attached hydrogen (secondary N) is 1. The van der Waals surface area contributed by atoms with Gasteiger partial charge < -0.3 is 15.5 Å². The smallest absolute Gasteiger partial charge is 0.205 e. The van der Waals surface area contributed by atoms with Gasteiger partial charge in [-0.1, -0.05) is 41.9 Å². The highest BCUT2D eigenvalue weighted by atomic mass is 16.5. The molecular weight excluding hydrogens is 285 g/mol. The maximum absolute atomic E-state index is 9.55. The maximum atomic E-state index is 9.55. The van der Waals surface area contributed by atoms with Crippen molar-refractivity contribution in [3.8, 4) is 11.8 Å². The lowest BCUT2D eigenvalue weighted by Crippen LogP contribution is -2.22. The first kappa shape index (κ1) is 13.5. The van der Waals surface area contributed by atoms with Crippen LogP contribution < -0.4 is 15.9 Å². The van der Waals surface area contributed by atoms with Crippen molar-refractivity contribution in [3.05, 3.63) is 71.2 Å². The van der Waals surface area contributed by atoms with E-state index in [0.29, 0.717) is 16.8 Å². The summed E-state index contributed by atoms with van der Waals surface area (Å²) < 4.78 is 5.76. The first-order valence-corrected chi connectivity index (χ1v) is 7.22. The lowest BCUT2D eigenvalue weighted by Gasteiger charge is -2.27. The molecule has 0 bridgehead atoms. The van der Waals surface area contributed by atoms with Gasteiger partial charge >= 0.3 is 0 Å². The monoisotopic (exact) mass is 297 g/mol. The van der Waals surface area contributed by atoms with Crippen molar-refractivity contribution in [1.29, 1.82) is 5.26 Å². The van der Waals surface area contributed by atoms with Crippen LogP contribution in [-0.4, -0.2) is 12.8 Å². The van der Waals surface area contributed by atoms with Gasteiger partial charge in [-0.05, 0) is 11.6 Å². The molecule has 2 radical (unpaired) electrons. The topological polar surface area (TPSA) is 74.8 Å². The summed E-state index contributed by atoms with van der Waals surface area (Å²) in [5.41, 5.74) is 9.75. The van der Waals surface area contributed by atoms with Crippen LogP contribution >= 0.6 is 0 Å². The van der Waals surface area contributed by atoms with Crippen molar-refractivity contribution < 1.29 is 4.74 Å². The minimum absolute atomic E-state index is 0.134. The number of nitrogens with two attached hydrogens (primary N) is 1. The molecule has 3 N–H and O–H groups in total. The van der Waals surface area contributed by atoms with Crippen LogP contribution in [0.5, 0.6) is 5.75 Å². The molecule has 1 aromatic heterocycles. The van der Waals surface area contributed by atoms with Gasteiger partial charge in [0.25, 0.3) is 0 Å². The molecule has 3 aromatic rings. The van der Waals surface area contributed by atoms with Gasteiger partial charge in [0.2, 0.25) is 5.88 Å². The van der Waals surface area contributed by atoms with Crippen molar-refractivity contribution in [1.82, 2.24) is 4.98 Å². The summed E-state index contributed by atoms with van der Waals surface area (Å²) in [5, 5.41) is 10.6. The second-order valence-electron chi connectivity index (χ2n) is 5.52. The molecule has 23 heavy (non-hydrogen) atoms. The summed E-state index contributed by atoms with van der Waals surface area (Å²) in [4.78, 5) is 3.17. The Morgan fingerprint density at radius 3 is 2.87 bits per heavy atom. The van der Waals surface area contributed by atoms with Crippen LogP contribution in [-0.2, 0) is 0 Å². The number of ether oxygens (including phenoxy) is 1. The molecule has 1 aliphatic rings. The molecule has 5 heteroatoms. The lowest BCUT2D eigenvalue weighted by atomic mass is 9.81. The first-order chi connectivity index (χ1) is 11.2. The molecule has 108 valence electrons. The van der Waals surface area contributed by atoms with E-state index in [2.05, 4.69) is 11.1 Å². The third-order valence-electron chi connectivity index (χ3n) is 4.15. The van der Waals surface area contributed by atoms with E-state index in [9.17, 15) is 5.26 Å². The van der Waals surface area contributed by atoms with Crippen LogP contribution in [0.3, 0.4) is 0 Å². The number of H-pyrrole nitrogens is 1. The summed E-state index contributed by atoms with van der Waals surface area (Å²) in [7, 11) is 5.91. The minimum atomic E-state index is -0.292. The number of aromatic amines is 1. The zero-order chi connectivity index (χ0) is 16.0. The van der Waals surface area contributed by atoms with E-state index >= 15 is 0 Å². The Bertz CT molecular complexity index is 997. The third kappa shape index (κ3) is 2.00. The number of hydrogen-bond acceptors (Lipinski definition) is 3. The lowest BCUT2D eigenvalue weighted by molar-refractivity contribution is 0.398. The molecule has 2 heterocycles. The van der Waals surface area contributed by atoms with E-state index in [1.807, 2.05) is 48.7 Å². The predicted molar refractivity (Wildman–Crippen MR) is 89.4 cm³/mol. The first-order valence-electron chi connectivity index (χ1n) is 7.22. The fraction of sp³-hybridized carbons (Fsp3) is 0.0556. The quantitative estimate of drug-likeness (QED) is 0.676. The number of hydrogen-bond donors (Lipinski definition) is 2. The molecular formula is C18H12BN3O. The Hall–Kier alpha value is -3.13. The molecule has 0 spiro atoms. The number of rotatable bonds is 1. The highest BCUT2D eigenvalue weighted by molar-refractivity contribution is 6.32. The van der Waals surface area contributed by atoms with E-state index in [1.165, 1.54) is 0 Å². The van der Waals surface area contributed by atoms with E-state index in [0.717, 1.165) is 22.0 Å². The molecule has 0 amide bonds. The van der Waals surface area contributed by atoms with Gasteiger partial charge in [0.1, 0.15) is 19.5 Å². The number of nitriles is 1. The largest absolute Gasteiger partial charge is 0.438 e. The SMILES string of the molecule is [B]c1cccc(C2C(C#N)=C(N)Oc3c2ccc2cc[nH]c32)c1. The van der Waals surface area contributed by atoms with Gasteiger partial charge in [0, 0.05) is 17.1 Å². The fourth-order valence-corrected chi connectivity index (χ4v) is 3.12. The van der Waals surface area contributed by atoms with Gasteiger partial charge in [-0.2, -0.15) is 5.26 Å². The summed E-state index contributed by atoms with van der Waals surface area (Å²) in [6, 6.07) is 15.6. The van der Waals surface area contributed by atoms with Crippen LogP contribution in [0.1, 0.15) is 17.0 Å². The van der Waals surface area contributed by atoms with Crippen molar-refractivity contribution >= 4 is 24.2 Å². The Morgan fingerprint density at radius 2 is 2.09 bits per heavy atom. The molecule has 0 fully saturated rings. The van der Waals surface area contributed by atoms with Crippen molar-refractivity contribution in [2.24, 2.45) is 5.73 Å². The fourth-order valence-electron chi connectivity index (χ4n) is 3.12. The van der Waals surface area contributed by atoms with Crippen molar-refractivity contribution in [3.63, 3.8) is 0 Å². The molecule has 4 nitrogen and oxygen atoms in total. The normalized spacial score (nSPS) is 16.7. The Morgan fingerprint density at radius 1 is 1.22 bits per heavy atom. The average molecular weight is 297 g/mol. The summed E-state index contributed by atoms with van der Waals surface area (Å²) in [6.45, 7) is 0. The van der Waals surface area contributed by atoms with Gasteiger partial charge in [0.15, 0.2) is 5.75 Å². The standard InChI is InChI=1S/C18H12BN3O/c19-12-3-1-2-11(8-12)15-13-5-4-10-6-7-22-16(10)17(13)23-18(21)14(15)9-20/h1-8,15,22H,21H2. The number of nitrogens with zero attached hydrogens (tertiary/aromatic N) is 1. The van der Waals surface area contributed by atoms with E-state index in [-0.39, 0.29) is 11.8 Å². The molecule has 1 atom stereocenters. The Kier molecular flexibility index (Phi) is 2.92. The van der Waals surface area contributed by atoms with Crippen LogP contribution in [0.15, 0.2) is 60.1 Å². The predicted octanol–water partition coefficient (Wildman–Crippen LogP) is 2.18. The van der Waals surface area contributed by atoms with E-state index < -0.39 is 0 Å². The van der Waals surface area contributed by atoms with Gasteiger partial charge in [-0.25, -0.2) is 0 Å². The number of benzene rings is 2. The van der Waals surface area contributed by atoms with Crippen LogP contribution in [0.25, 0.3) is 10.9 Å². The summed E-state index contributed by atoms with van der Waals surface area (Å²) >= 11 is 0.